The fourth-order valence-corrected chi connectivity index (χ4v) is 1.09. The third-order valence-corrected chi connectivity index (χ3v) is 2.47. The summed E-state index contributed by atoms with van der Waals surface area (Å²) in [6.07, 6.45) is 4.11. The van der Waals surface area contributed by atoms with Gasteiger partial charge in [0.05, 0.1) is 6.04 Å². The summed E-state index contributed by atoms with van der Waals surface area (Å²) in [6.45, 7) is 8.55. The first-order valence-corrected chi connectivity index (χ1v) is 4.71. The van der Waals surface area contributed by atoms with Crippen molar-refractivity contribution >= 4 is 12.4 Å². The SMILES string of the molecule is C=NC(C)C(C)=NCCC1CC1. The molecule has 2 heteroatoms. The summed E-state index contributed by atoms with van der Waals surface area (Å²) in [5, 5.41) is 0. The quantitative estimate of drug-likeness (QED) is 0.560. The van der Waals surface area contributed by atoms with Crippen LogP contribution in [0.15, 0.2) is 9.98 Å². The zero-order valence-corrected chi connectivity index (χ0v) is 8.08. The van der Waals surface area contributed by atoms with Crippen molar-refractivity contribution in [2.75, 3.05) is 6.54 Å². The molecular formula is C10H18N2. The van der Waals surface area contributed by atoms with Gasteiger partial charge < -0.3 is 0 Å². The van der Waals surface area contributed by atoms with Gasteiger partial charge in [-0.3, -0.25) is 9.98 Å². The predicted octanol–water partition coefficient (Wildman–Crippen LogP) is 2.34. The average Bonchev–Trinajstić information content (AvgIpc) is 2.86. The van der Waals surface area contributed by atoms with Crippen molar-refractivity contribution in [2.45, 2.75) is 39.2 Å². The molecule has 1 fully saturated rings. The van der Waals surface area contributed by atoms with Crippen molar-refractivity contribution < 1.29 is 0 Å². The van der Waals surface area contributed by atoms with E-state index in [0.29, 0.717) is 0 Å². The van der Waals surface area contributed by atoms with Crippen molar-refractivity contribution in [3.05, 3.63) is 0 Å². The Kier molecular flexibility index (Phi) is 3.45. The predicted molar refractivity (Wildman–Crippen MR) is 54.3 cm³/mol. The summed E-state index contributed by atoms with van der Waals surface area (Å²) in [5.74, 6) is 0.980. The molecule has 0 aromatic rings. The third-order valence-electron chi connectivity index (χ3n) is 2.47. The van der Waals surface area contributed by atoms with E-state index in [4.69, 9.17) is 0 Å². The second-order valence-electron chi connectivity index (χ2n) is 3.61. The van der Waals surface area contributed by atoms with Gasteiger partial charge in [0, 0.05) is 12.3 Å². The molecule has 68 valence electrons. The van der Waals surface area contributed by atoms with Gasteiger partial charge in [-0.15, -0.1) is 0 Å². The van der Waals surface area contributed by atoms with Crippen LogP contribution in [0, 0.1) is 5.92 Å². The summed E-state index contributed by atoms with van der Waals surface area (Å²) in [7, 11) is 0. The Hall–Kier alpha value is -0.660. The summed E-state index contributed by atoms with van der Waals surface area (Å²) in [6, 6.07) is 0.198. The number of nitrogens with zero attached hydrogens (tertiary/aromatic N) is 2. The van der Waals surface area contributed by atoms with Crippen LogP contribution in [0.4, 0.5) is 0 Å². The van der Waals surface area contributed by atoms with E-state index in [1.54, 1.807) is 0 Å². The Labute approximate surface area is 74.8 Å². The van der Waals surface area contributed by atoms with Crippen molar-refractivity contribution in [3.63, 3.8) is 0 Å². The first kappa shape index (κ1) is 9.43. The first-order valence-electron chi connectivity index (χ1n) is 4.71. The molecule has 1 atom stereocenters. The van der Waals surface area contributed by atoms with E-state index >= 15 is 0 Å². The van der Waals surface area contributed by atoms with E-state index in [9.17, 15) is 0 Å². The molecule has 0 aliphatic heterocycles. The number of rotatable bonds is 5. The summed E-state index contributed by atoms with van der Waals surface area (Å²) in [4.78, 5) is 8.38. The van der Waals surface area contributed by atoms with Crippen molar-refractivity contribution in [1.82, 2.24) is 0 Å². The second-order valence-corrected chi connectivity index (χ2v) is 3.61. The molecule has 0 spiro atoms. The van der Waals surface area contributed by atoms with Crippen molar-refractivity contribution in [3.8, 4) is 0 Å². The standard InChI is InChI=1S/C10H18N2/c1-8(11-3)9(2)12-7-6-10-4-5-10/h8,10H,3-7H2,1-2H3. The van der Waals surface area contributed by atoms with E-state index in [1.807, 2.05) is 13.8 Å². The minimum Gasteiger partial charge on any atom is -0.292 e. The maximum atomic E-state index is 4.46. The van der Waals surface area contributed by atoms with E-state index in [0.717, 1.165) is 18.2 Å². The summed E-state index contributed by atoms with van der Waals surface area (Å²) < 4.78 is 0. The van der Waals surface area contributed by atoms with Crippen LogP contribution in [-0.2, 0) is 0 Å². The molecule has 0 N–H and O–H groups in total. The van der Waals surface area contributed by atoms with Crippen LogP contribution >= 0.6 is 0 Å². The van der Waals surface area contributed by atoms with Gasteiger partial charge in [0.1, 0.15) is 0 Å². The third kappa shape index (κ3) is 3.16. The molecule has 0 saturated heterocycles. The van der Waals surface area contributed by atoms with Gasteiger partial charge in [0.25, 0.3) is 0 Å². The Balaban J connectivity index is 2.18. The highest BCUT2D eigenvalue weighted by atomic mass is 14.8. The molecular weight excluding hydrogens is 148 g/mol. The molecule has 0 aromatic carbocycles. The molecule has 1 saturated carbocycles. The van der Waals surface area contributed by atoms with E-state index < -0.39 is 0 Å². The van der Waals surface area contributed by atoms with Crippen molar-refractivity contribution in [2.24, 2.45) is 15.9 Å². The van der Waals surface area contributed by atoms with Crippen LogP contribution in [0.5, 0.6) is 0 Å². The Bertz CT molecular complexity index is 180. The fraction of sp³-hybridized carbons (Fsp3) is 0.800. The minimum absolute atomic E-state index is 0.198. The molecule has 0 amide bonds. The number of hydrogen-bond acceptors (Lipinski definition) is 2. The Morgan fingerprint density at radius 2 is 2.25 bits per heavy atom. The van der Waals surface area contributed by atoms with Gasteiger partial charge >= 0.3 is 0 Å². The number of aliphatic imine (C=N–C) groups is 2. The molecule has 1 aliphatic rings. The molecule has 2 nitrogen and oxygen atoms in total. The molecule has 0 bridgehead atoms. The smallest absolute Gasteiger partial charge is 0.0837 e. The maximum Gasteiger partial charge on any atom is 0.0837 e. The molecule has 12 heavy (non-hydrogen) atoms. The number of hydrogen-bond donors (Lipinski definition) is 0. The minimum atomic E-state index is 0.198. The molecule has 1 unspecified atom stereocenters. The lowest BCUT2D eigenvalue weighted by Crippen LogP contribution is -2.10. The zero-order chi connectivity index (χ0) is 8.97. The Morgan fingerprint density at radius 1 is 1.58 bits per heavy atom. The highest BCUT2D eigenvalue weighted by molar-refractivity contribution is 5.87. The van der Waals surface area contributed by atoms with Gasteiger partial charge in [-0.1, -0.05) is 12.8 Å². The normalized spacial score (nSPS) is 20.7. The van der Waals surface area contributed by atoms with Gasteiger partial charge in [-0.2, -0.15) is 0 Å². The monoisotopic (exact) mass is 166 g/mol. The lowest BCUT2D eigenvalue weighted by atomic mass is 10.2. The Morgan fingerprint density at radius 3 is 2.75 bits per heavy atom. The van der Waals surface area contributed by atoms with E-state index in [2.05, 4.69) is 16.7 Å². The van der Waals surface area contributed by atoms with Gasteiger partial charge in [0.15, 0.2) is 0 Å². The highest BCUT2D eigenvalue weighted by Gasteiger charge is 2.20. The van der Waals surface area contributed by atoms with Crippen LogP contribution in [0.1, 0.15) is 33.1 Å². The summed E-state index contributed by atoms with van der Waals surface area (Å²) >= 11 is 0. The van der Waals surface area contributed by atoms with Crippen LogP contribution in [0.2, 0.25) is 0 Å². The molecule has 0 radical (unpaired) electrons. The molecule has 0 heterocycles. The van der Waals surface area contributed by atoms with Crippen molar-refractivity contribution in [1.29, 1.82) is 0 Å². The second kappa shape index (κ2) is 4.39. The fourth-order valence-electron chi connectivity index (χ4n) is 1.09. The van der Waals surface area contributed by atoms with Gasteiger partial charge in [-0.25, -0.2) is 0 Å². The highest BCUT2D eigenvalue weighted by Crippen LogP contribution is 2.32. The average molecular weight is 166 g/mol. The van der Waals surface area contributed by atoms with Crippen LogP contribution in [0.3, 0.4) is 0 Å². The van der Waals surface area contributed by atoms with Crippen LogP contribution < -0.4 is 0 Å². The van der Waals surface area contributed by atoms with Gasteiger partial charge in [-0.05, 0) is 32.9 Å². The van der Waals surface area contributed by atoms with Gasteiger partial charge in [0.2, 0.25) is 0 Å². The lowest BCUT2D eigenvalue weighted by molar-refractivity contribution is 0.736. The lowest BCUT2D eigenvalue weighted by Gasteiger charge is -2.03. The molecule has 1 aliphatic carbocycles. The molecule has 0 aromatic heterocycles. The first-order chi connectivity index (χ1) is 5.74. The zero-order valence-electron chi connectivity index (χ0n) is 8.08. The topological polar surface area (TPSA) is 24.7 Å². The molecule has 1 rings (SSSR count). The summed E-state index contributed by atoms with van der Waals surface area (Å²) in [5.41, 5.74) is 1.12. The van der Waals surface area contributed by atoms with E-state index in [1.165, 1.54) is 19.3 Å². The van der Waals surface area contributed by atoms with Crippen LogP contribution in [-0.4, -0.2) is 25.0 Å². The maximum absolute atomic E-state index is 4.46. The van der Waals surface area contributed by atoms with Crippen LogP contribution in [0.25, 0.3) is 0 Å². The largest absolute Gasteiger partial charge is 0.292 e. The van der Waals surface area contributed by atoms with E-state index in [-0.39, 0.29) is 6.04 Å².